The summed E-state index contributed by atoms with van der Waals surface area (Å²) in [6, 6.07) is -0.405. The summed E-state index contributed by atoms with van der Waals surface area (Å²) in [5.74, 6) is 0. The molecule has 0 saturated carbocycles. The highest BCUT2D eigenvalue weighted by atomic mass is 19.4. The Morgan fingerprint density at radius 1 is 1.36 bits per heavy atom. The van der Waals surface area contributed by atoms with Gasteiger partial charge in [-0.15, -0.1) is 0 Å². The first kappa shape index (κ1) is 10.7. The van der Waals surface area contributed by atoms with Gasteiger partial charge in [-0.3, -0.25) is 0 Å². The molecule has 1 unspecified atom stereocenters. The highest BCUT2D eigenvalue weighted by Crippen LogP contribution is 2.11. The second-order valence-corrected chi connectivity index (χ2v) is 2.24. The standard InChI is InChI=1S/C5H12F3N3/c6-5(7,8)3-11-2-4(10)1-9/h4,11H,1-3,9-10H2. The Morgan fingerprint density at radius 3 is 2.27 bits per heavy atom. The van der Waals surface area contributed by atoms with Crippen molar-refractivity contribution in [2.75, 3.05) is 19.6 Å². The van der Waals surface area contributed by atoms with Gasteiger partial charge in [0.1, 0.15) is 0 Å². The van der Waals surface area contributed by atoms with Gasteiger partial charge in [0.2, 0.25) is 0 Å². The van der Waals surface area contributed by atoms with Crippen LogP contribution in [0.25, 0.3) is 0 Å². The second-order valence-electron chi connectivity index (χ2n) is 2.24. The first-order valence-corrected chi connectivity index (χ1v) is 3.19. The maximum Gasteiger partial charge on any atom is 0.401 e. The van der Waals surface area contributed by atoms with E-state index < -0.39 is 18.8 Å². The summed E-state index contributed by atoms with van der Waals surface area (Å²) in [5.41, 5.74) is 10.3. The van der Waals surface area contributed by atoms with Gasteiger partial charge in [-0.2, -0.15) is 13.2 Å². The summed E-state index contributed by atoms with van der Waals surface area (Å²) in [5, 5.41) is 2.15. The third-order valence-corrected chi connectivity index (χ3v) is 1.03. The number of rotatable bonds is 4. The smallest absolute Gasteiger partial charge is 0.329 e. The first-order chi connectivity index (χ1) is 4.95. The van der Waals surface area contributed by atoms with Crippen molar-refractivity contribution in [3.05, 3.63) is 0 Å². The molecule has 0 aromatic carbocycles. The van der Waals surface area contributed by atoms with Gasteiger partial charge in [-0.05, 0) is 0 Å². The topological polar surface area (TPSA) is 64.1 Å². The van der Waals surface area contributed by atoms with Crippen LogP contribution in [0.1, 0.15) is 0 Å². The molecule has 1 atom stereocenters. The third kappa shape index (κ3) is 7.57. The van der Waals surface area contributed by atoms with Crippen molar-refractivity contribution in [3.63, 3.8) is 0 Å². The highest BCUT2D eigenvalue weighted by Gasteiger charge is 2.26. The van der Waals surface area contributed by atoms with E-state index in [1.807, 2.05) is 0 Å². The van der Waals surface area contributed by atoms with Crippen LogP contribution < -0.4 is 16.8 Å². The van der Waals surface area contributed by atoms with Gasteiger partial charge in [0.05, 0.1) is 6.54 Å². The molecule has 0 aliphatic heterocycles. The lowest BCUT2D eigenvalue weighted by Gasteiger charge is -2.11. The lowest BCUT2D eigenvalue weighted by molar-refractivity contribution is -0.124. The van der Waals surface area contributed by atoms with E-state index in [4.69, 9.17) is 11.5 Å². The summed E-state index contributed by atoms with van der Waals surface area (Å²) in [7, 11) is 0. The van der Waals surface area contributed by atoms with Crippen molar-refractivity contribution >= 4 is 0 Å². The fourth-order valence-electron chi connectivity index (χ4n) is 0.483. The minimum Gasteiger partial charge on any atom is -0.329 e. The molecule has 0 fully saturated rings. The van der Waals surface area contributed by atoms with E-state index in [9.17, 15) is 13.2 Å². The number of nitrogens with two attached hydrogens (primary N) is 2. The fraction of sp³-hybridized carbons (Fsp3) is 1.00. The van der Waals surface area contributed by atoms with E-state index in [0.29, 0.717) is 0 Å². The molecule has 0 radical (unpaired) electrons. The summed E-state index contributed by atoms with van der Waals surface area (Å²) in [6.45, 7) is -0.735. The van der Waals surface area contributed by atoms with E-state index in [0.717, 1.165) is 0 Å². The summed E-state index contributed by atoms with van der Waals surface area (Å²) in [4.78, 5) is 0. The predicted molar refractivity (Wildman–Crippen MR) is 36.0 cm³/mol. The third-order valence-electron chi connectivity index (χ3n) is 1.03. The van der Waals surface area contributed by atoms with Crippen molar-refractivity contribution in [2.24, 2.45) is 11.5 Å². The number of nitrogens with one attached hydrogen (secondary N) is 1. The van der Waals surface area contributed by atoms with Crippen molar-refractivity contribution in [3.8, 4) is 0 Å². The van der Waals surface area contributed by atoms with Crippen LogP contribution in [0.4, 0.5) is 13.2 Å². The van der Waals surface area contributed by atoms with E-state index in [1.165, 1.54) is 0 Å². The molecule has 3 nitrogen and oxygen atoms in total. The van der Waals surface area contributed by atoms with Crippen LogP contribution in [-0.4, -0.2) is 31.9 Å². The minimum atomic E-state index is -4.17. The molecule has 11 heavy (non-hydrogen) atoms. The molecular formula is C5H12F3N3. The van der Waals surface area contributed by atoms with Crippen LogP contribution >= 0.6 is 0 Å². The van der Waals surface area contributed by atoms with E-state index >= 15 is 0 Å². The molecule has 0 amide bonds. The summed E-state index contributed by atoms with van der Waals surface area (Å²) in [6.07, 6.45) is -4.17. The average Bonchev–Trinajstić information content (AvgIpc) is 1.85. The number of hydrogen-bond acceptors (Lipinski definition) is 3. The molecule has 0 rings (SSSR count). The molecule has 0 aromatic heterocycles. The van der Waals surface area contributed by atoms with Crippen LogP contribution in [0.5, 0.6) is 0 Å². The van der Waals surface area contributed by atoms with E-state index in [-0.39, 0.29) is 13.1 Å². The zero-order valence-corrected chi connectivity index (χ0v) is 5.99. The molecule has 68 valence electrons. The SMILES string of the molecule is NCC(N)CNCC(F)(F)F. The van der Waals surface area contributed by atoms with E-state index in [2.05, 4.69) is 5.32 Å². The predicted octanol–water partition coefficient (Wildman–Crippen LogP) is -0.576. The van der Waals surface area contributed by atoms with Gasteiger partial charge >= 0.3 is 6.18 Å². The maximum atomic E-state index is 11.5. The summed E-state index contributed by atoms with van der Waals surface area (Å²) < 4.78 is 34.4. The molecule has 0 aliphatic rings. The minimum absolute atomic E-state index is 0.0933. The highest BCUT2D eigenvalue weighted by molar-refractivity contribution is 4.66. The van der Waals surface area contributed by atoms with Crippen molar-refractivity contribution < 1.29 is 13.2 Å². The van der Waals surface area contributed by atoms with Gasteiger partial charge in [-0.1, -0.05) is 0 Å². The maximum absolute atomic E-state index is 11.5. The quantitative estimate of drug-likeness (QED) is 0.530. The lowest BCUT2D eigenvalue weighted by Crippen LogP contribution is -2.42. The molecule has 0 saturated heterocycles. The fourth-order valence-corrected chi connectivity index (χ4v) is 0.483. The first-order valence-electron chi connectivity index (χ1n) is 3.19. The van der Waals surface area contributed by atoms with Crippen molar-refractivity contribution in [2.45, 2.75) is 12.2 Å². The van der Waals surface area contributed by atoms with Crippen LogP contribution in [0.2, 0.25) is 0 Å². The van der Waals surface area contributed by atoms with Crippen molar-refractivity contribution in [1.82, 2.24) is 5.32 Å². The van der Waals surface area contributed by atoms with Crippen LogP contribution in [0.3, 0.4) is 0 Å². The van der Waals surface area contributed by atoms with Crippen LogP contribution in [0.15, 0.2) is 0 Å². The molecule has 0 bridgehead atoms. The Kier molecular flexibility index (Phi) is 4.39. The van der Waals surface area contributed by atoms with Gasteiger partial charge in [0.15, 0.2) is 0 Å². The monoisotopic (exact) mass is 171 g/mol. The Morgan fingerprint density at radius 2 is 1.91 bits per heavy atom. The van der Waals surface area contributed by atoms with Gasteiger partial charge < -0.3 is 16.8 Å². The van der Waals surface area contributed by atoms with Crippen molar-refractivity contribution in [1.29, 1.82) is 0 Å². The summed E-state index contributed by atoms with van der Waals surface area (Å²) >= 11 is 0. The van der Waals surface area contributed by atoms with E-state index in [1.54, 1.807) is 0 Å². The Bertz CT molecular complexity index is 104. The number of alkyl halides is 3. The zero-order valence-electron chi connectivity index (χ0n) is 5.99. The van der Waals surface area contributed by atoms with Gasteiger partial charge in [-0.25, -0.2) is 0 Å². The molecule has 0 aromatic rings. The second kappa shape index (κ2) is 4.53. The molecule has 6 heteroatoms. The van der Waals surface area contributed by atoms with Crippen LogP contribution in [0, 0.1) is 0 Å². The largest absolute Gasteiger partial charge is 0.401 e. The Hall–Kier alpha value is -0.330. The molecule has 0 aliphatic carbocycles. The molecule has 0 heterocycles. The molecule has 5 N–H and O–H groups in total. The average molecular weight is 171 g/mol. The normalized spacial score (nSPS) is 15.0. The Labute approximate surface area is 62.9 Å². The number of halogens is 3. The number of hydrogen-bond donors (Lipinski definition) is 3. The van der Waals surface area contributed by atoms with Crippen LogP contribution in [-0.2, 0) is 0 Å². The molecule has 0 spiro atoms. The van der Waals surface area contributed by atoms with Gasteiger partial charge in [0, 0.05) is 19.1 Å². The van der Waals surface area contributed by atoms with Gasteiger partial charge in [0.25, 0.3) is 0 Å². The Balaban J connectivity index is 3.28. The lowest BCUT2D eigenvalue weighted by atomic mass is 10.3. The zero-order chi connectivity index (χ0) is 8.91. The molecular weight excluding hydrogens is 159 g/mol.